The molecule has 1 aromatic carbocycles. The summed E-state index contributed by atoms with van der Waals surface area (Å²) in [4.78, 5) is 4.27. The van der Waals surface area contributed by atoms with Crippen LogP contribution in [0.15, 0.2) is 29.8 Å². The molecule has 0 radical (unpaired) electrons. The zero-order chi connectivity index (χ0) is 12.6. The number of hydrogen-bond donors (Lipinski definition) is 1. The monoisotopic (exact) mass is 261 g/mol. The number of hydrogen-bond acceptors (Lipinski definition) is 4. The first kappa shape index (κ1) is 11.7. The molecular formula is C14H15NO2S. The van der Waals surface area contributed by atoms with Crippen LogP contribution in [0.2, 0.25) is 0 Å². The first-order valence-electron chi connectivity index (χ1n) is 5.99. The lowest BCUT2D eigenvalue weighted by Gasteiger charge is -2.23. The van der Waals surface area contributed by atoms with Crippen molar-refractivity contribution in [1.29, 1.82) is 0 Å². The van der Waals surface area contributed by atoms with Gasteiger partial charge < -0.3 is 9.84 Å². The highest BCUT2D eigenvalue weighted by Crippen LogP contribution is 2.41. The van der Waals surface area contributed by atoms with Crippen molar-refractivity contribution in [2.75, 3.05) is 7.11 Å². The Labute approximate surface area is 110 Å². The fourth-order valence-corrected chi connectivity index (χ4v) is 3.31. The molecular weight excluding hydrogens is 246 g/mol. The number of ether oxygens (including phenoxy) is 1. The second kappa shape index (κ2) is 4.37. The third-order valence-corrected chi connectivity index (χ3v) is 4.33. The van der Waals surface area contributed by atoms with Crippen molar-refractivity contribution in [2.45, 2.75) is 24.9 Å². The average molecular weight is 261 g/mol. The lowest BCUT2D eigenvalue weighted by Crippen LogP contribution is -2.25. The van der Waals surface area contributed by atoms with Gasteiger partial charge in [-0.05, 0) is 36.1 Å². The SMILES string of the molecule is COc1ccc2c(c1)C(O)(Cc1nccs1)CC2. The lowest BCUT2D eigenvalue weighted by molar-refractivity contribution is 0.0387. The fraction of sp³-hybridized carbons (Fsp3) is 0.357. The summed E-state index contributed by atoms with van der Waals surface area (Å²) in [6, 6.07) is 5.96. The molecule has 0 saturated heterocycles. The van der Waals surface area contributed by atoms with E-state index in [1.54, 1.807) is 24.6 Å². The van der Waals surface area contributed by atoms with E-state index in [1.807, 2.05) is 23.6 Å². The Morgan fingerprint density at radius 1 is 1.50 bits per heavy atom. The third-order valence-electron chi connectivity index (χ3n) is 3.55. The van der Waals surface area contributed by atoms with Crippen LogP contribution in [0.25, 0.3) is 0 Å². The summed E-state index contributed by atoms with van der Waals surface area (Å²) in [5.74, 6) is 0.799. The van der Waals surface area contributed by atoms with E-state index in [9.17, 15) is 5.11 Å². The molecule has 18 heavy (non-hydrogen) atoms. The van der Waals surface area contributed by atoms with Crippen molar-refractivity contribution in [2.24, 2.45) is 0 Å². The molecule has 0 spiro atoms. The van der Waals surface area contributed by atoms with Gasteiger partial charge >= 0.3 is 0 Å². The second-order valence-electron chi connectivity index (χ2n) is 4.66. The van der Waals surface area contributed by atoms with Crippen LogP contribution in [0.1, 0.15) is 22.6 Å². The Bertz CT molecular complexity index is 553. The predicted octanol–water partition coefficient (Wildman–Crippen LogP) is 2.53. The van der Waals surface area contributed by atoms with Gasteiger partial charge in [0.05, 0.1) is 17.7 Å². The molecule has 1 N–H and O–H groups in total. The number of aliphatic hydroxyl groups is 1. The molecule has 1 unspecified atom stereocenters. The first-order chi connectivity index (χ1) is 8.71. The molecule has 3 rings (SSSR count). The summed E-state index contributed by atoms with van der Waals surface area (Å²) >= 11 is 1.59. The van der Waals surface area contributed by atoms with Gasteiger partial charge in [-0.25, -0.2) is 4.98 Å². The van der Waals surface area contributed by atoms with E-state index in [2.05, 4.69) is 4.98 Å². The highest BCUT2D eigenvalue weighted by Gasteiger charge is 2.37. The maximum atomic E-state index is 10.8. The Morgan fingerprint density at radius 3 is 3.11 bits per heavy atom. The summed E-state index contributed by atoms with van der Waals surface area (Å²) in [6.07, 6.45) is 4.05. The predicted molar refractivity (Wildman–Crippen MR) is 71.0 cm³/mol. The van der Waals surface area contributed by atoms with E-state index >= 15 is 0 Å². The van der Waals surface area contributed by atoms with Crippen molar-refractivity contribution in [3.8, 4) is 5.75 Å². The van der Waals surface area contributed by atoms with Gasteiger partial charge in [0.25, 0.3) is 0 Å². The normalized spacial score (nSPS) is 21.9. The zero-order valence-corrected chi connectivity index (χ0v) is 11.0. The van der Waals surface area contributed by atoms with E-state index in [-0.39, 0.29) is 0 Å². The van der Waals surface area contributed by atoms with Crippen LogP contribution in [0.4, 0.5) is 0 Å². The van der Waals surface area contributed by atoms with Gasteiger partial charge in [-0.1, -0.05) is 6.07 Å². The standard InChI is InChI=1S/C14H15NO2S/c1-17-11-3-2-10-4-5-14(16,12(10)8-11)9-13-15-6-7-18-13/h2-3,6-8,16H,4-5,9H2,1H3. The summed E-state index contributed by atoms with van der Waals surface area (Å²) in [7, 11) is 1.65. The van der Waals surface area contributed by atoms with Gasteiger partial charge in [-0.3, -0.25) is 0 Å². The molecule has 1 aliphatic rings. The fourth-order valence-electron chi connectivity index (χ4n) is 2.58. The maximum absolute atomic E-state index is 10.8. The summed E-state index contributed by atoms with van der Waals surface area (Å²) in [5, 5.41) is 13.8. The first-order valence-corrected chi connectivity index (χ1v) is 6.87. The lowest BCUT2D eigenvalue weighted by atomic mass is 9.92. The number of aromatic nitrogens is 1. The smallest absolute Gasteiger partial charge is 0.119 e. The zero-order valence-electron chi connectivity index (χ0n) is 10.2. The maximum Gasteiger partial charge on any atom is 0.119 e. The van der Waals surface area contributed by atoms with Gasteiger partial charge in [-0.2, -0.15) is 0 Å². The molecule has 4 heteroatoms. The van der Waals surface area contributed by atoms with Gasteiger partial charge in [0.1, 0.15) is 5.75 Å². The average Bonchev–Trinajstić information content (AvgIpc) is 2.99. The number of aryl methyl sites for hydroxylation is 1. The largest absolute Gasteiger partial charge is 0.497 e. The summed E-state index contributed by atoms with van der Waals surface area (Å²) < 4.78 is 5.24. The van der Waals surface area contributed by atoms with E-state index in [4.69, 9.17) is 4.74 Å². The molecule has 94 valence electrons. The van der Waals surface area contributed by atoms with E-state index in [0.717, 1.165) is 29.2 Å². The van der Waals surface area contributed by atoms with Crippen LogP contribution in [0, 0.1) is 0 Å². The van der Waals surface area contributed by atoms with Crippen LogP contribution in [0.5, 0.6) is 5.75 Å². The van der Waals surface area contributed by atoms with E-state index in [1.165, 1.54) is 5.56 Å². The molecule has 0 amide bonds. The van der Waals surface area contributed by atoms with E-state index in [0.29, 0.717) is 6.42 Å². The van der Waals surface area contributed by atoms with Crippen molar-refractivity contribution < 1.29 is 9.84 Å². The molecule has 0 saturated carbocycles. The van der Waals surface area contributed by atoms with Crippen LogP contribution < -0.4 is 4.74 Å². The quantitative estimate of drug-likeness (QED) is 0.923. The molecule has 1 aromatic heterocycles. The summed E-state index contributed by atoms with van der Waals surface area (Å²) in [5.41, 5.74) is 1.42. The van der Waals surface area contributed by atoms with Gasteiger partial charge in [0, 0.05) is 18.0 Å². The number of nitrogens with zero attached hydrogens (tertiary/aromatic N) is 1. The number of thiazole rings is 1. The van der Waals surface area contributed by atoms with Crippen LogP contribution in [-0.2, 0) is 18.4 Å². The van der Waals surface area contributed by atoms with Crippen LogP contribution >= 0.6 is 11.3 Å². The Hall–Kier alpha value is -1.39. The number of rotatable bonds is 3. The Kier molecular flexibility index (Phi) is 2.84. The van der Waals surface area contributed by atoms with Crippen molar-refractivity contribution in [3.63, 3.8) is 0 Å². The van der Waals surface area contributed by atoms with Crippen LogP contribution in [-0.4, -0.2) is 17.2 Å². The molecule has 1 heterocycles. The third kappa shape index (κ3) is 1.91. The minimum absolute atomic E-state index is 0.588. The van der Waals surface area contributed by atoms with Crippen molar-refractivity contribution in [3.05, 3.63) is 45.9 Å². The number of fused-ring (bicyclic) bond motifs is 1. The molecule has 1 atom stereocenters. The van der Waals surface area contributed by atoms with Gasteiger partial charge in [0.15, 0.2) is 0 Å². The Balaban J connectivity index is 1.96. The molecule has 0 bridgehead atoms. The highest BCUT2D eigenvalue weighted by atomic mass is 32.1. The number of methoxy groups -OCH3 is 1. The van der Waals surface area contributed by atoms with E-state index < -0.39 is 5.60 Å². The van der Waals surface area contributed by atoms with Crippen molar-refractivity contribution >= 4 is 11.3 Å². The minimum atomic E-state index is -0.790. The summed E-state index contributed by atoms with van der Waals surface area (Å²) in [6.45, 7) is 0. The second-order valence-corrected chi connectivity index (χ2v) is 5.64. The molecule has 1 aliphatic carbocycles. The molecule has 0 fully saturated rings. The van der Waals surface area contributed by atoms with Crippen molar-refractivity contribution in [1.82, 2.24) is 4.98 Å². The molecule has 3 nitrogen and oxygen atoms in total. The van der Waals surface area contributed by atoms with Crippen LogP contribution in [0.3, 0.4) is 0 Å². The van der Waals surface area contributed by atoms with Gasteiger partial charge in [-0.15, -0.1) is 11.3 Å². The minimum Gasteiger partial charge on any atom is -0.497 e. The molecule has 2 aromatic rings. The topological polar surface area (TPSA) is 42.4 Å². The number of benzene rings is 1. The highest BCUT2D eigenvalue weighted by molar-refractivity contribution is 7.09. The molecule has 0 aliphatic heterocycles. The van der Waals surface area contributed by atoms with Gasteiger partial charge in [0.2, 0.25) is 0 Å². The Morgan fingerprint density at radius 2 is 2.39 bits per heavy atom.